The summed E-state index contributed by atoms with van der Waals surface area (Å²) < 4.78 is 0. The summed E-state index contributed by atoms with van der Waals surface area (Å²) in [5.41, 5.74) is 0. The van der Waals surface area contributed by atoms with Crippen molar-refractivity contribution in [3.8, 4) is 0 Å². The van der Waals surface area contributed by atoms with Gasteiger partial charge in [-0.3, -0.25) is 4.79 Å². The lowest BCUT2D eigenvalue weighted by molar-refractivity contribution is -0.119. The summed E-state index contributed by atoms with van der Waals surface area (Å²) in [6.45, 7) is 0. The highest BCUT2D eigenvalue weighted by Crippen LogP contribution is 2.35. The first kappa shape index (κ1) is 16.7. The molecule has 1 nitrogen and oxygen atoms in total. The van der Waals surface area contributed by atoms with Gasteiger partial charge in [0.25, 0.3) is 0 Å². The van der Waals surface area contributed by atoms with Crippen molar-refractivity contribution < 1.29 is 4.79 Å². The van der Waals surface area contributed by atoms with Gasteiger partial charge in [-0.05, 0) is 37.1 Å². The second-order valence-corrected chi connectivity index (χ2v) is 8.73. The highest BCUT2D eigenvalue weighted by Gasteiger charge is 2.23. The van der Waals surface area contributed by atoms with Crippen LogP contribution in [-0.4, -0.2) is 16.3 Å². The molecule has 2 aromatic rings. The van der Waals surface area contributed by atoms with Crippen molar-refractivity contribution >= 4 is 29.3 Å². The summed E-state index contributed by atoms with van der Waals surface area (Å²) in [6, 6.07) is 20.9. The summed E-state index contributed by atoms with van der Waals surface area (Å²) in [4.78, 5) is 15.0. The van der Waals surface area contributed by atoms with Crippen molar-refractivity contribution in [1.29, 1.82) is 0 Å². The van der Waals surface area contributed by atoms with Crippen LogP contribution in [0.15, 0.2) is 70.5 Å². The van der Waals surface area contributed by atoms with Crippen molar-refractivity contribution in [2.45, 2.75) is 52.4 Å². The quantitative estimate of drug-likeness (QED) is 0.694. The molecule has 0 radical (unpaired) electrons. The van der Waals surface area contributed by atoms with Crippen LogP contribution in [0.5, 0.6) is 0 Å². The van der Waals surface area contributed by atoms with E-state index in [2.05, 4.69) is 48.5 Å². The van der Waals surface area contributed by atoms with Gasteiger partial charge in [0.1, 0.15) is 5.78 Å². The molecule has 0 aliphatic heterocycles. The number of hydrogen-bond donors (Lipinski definition) is 0. The molecular weight excluding hydrogens is 320 g/mol. The van der Waals surface area contributed by atoms with Gasteiger partial charge in [0.15, 0.2) is 0 Å². The van der Waals surface area contributed by atoms with E-state index in [9.17, 15) is 4.79 Å². The van der Waals surface area contributed by atoms with Crippen LogP contribution in [0.4, 0.5) is 0 Å². The van der Waals surface area contributed by atoms with Crippen LogP contribution < -0.4 is 0 Å². The number of Topliss-reactive ketones (excluding diaryl/α,β-unsaturated/α-hetero) is 1. The van der Waals surface area contributed by atoms with Crippen LogP contribution in [0.25, 0.3) is 0 Å². The number of hydrogen-bond acceptors (Lipinski definition) is 3. The van der Waals surface area contributed by atoms with E-state index in [1.54, 1.807) is 0 Å². The molecule has 0 amide bonds. The molecule has 1 fully saturated rings. The molecule has 0 spiro atoms. The van der Waals surface area contributed by atoms with Gasteiger partial charge in [-0.1, -0.05) is 42.8 Å². The van der Waals surface area contributed by atoms with E-state index >= 15 is 0 Å². The zero-order valence-electron chi connectivity index (χ0n) is 13.2. The number of ketones is 1. The van der Waals surface area contributed by atoms with Crippen LogP contribution in [-0.2, 0) is 4.79 Å². The van der Waals surface area contributed by atoms with Gasteiger partial charge in [0.05, 0.1) is 0 Å². The third-order valence-corrected chi connectivity index (χ3v) is 6.61. The van der Waals surface area contributed by atoms with Gasteiger partial charge < -0.3 is 0 Å². The SMILES string of the molecule is O=C1C[C@@H](Sc2ccccc2)CCC[C@H](Sc2ccccc2)C1. The molecule has 3 heteroatoms. The Balaban J connectivity index is 1.55. The molecule has 0 bridgehead atoms. The summed E-state index contributed by atoms with van der Waals surface area (Å²) in [6.07, 6.45) is 4.91. The lowest BCUT2D eigenvalue weighted by atomic mass is 9.99. The van der Waals surface area contributed by atoms with E-state index in [1.807, 2.05) is 35.7 Å². The Labute approximate surface area is 147 Å². The molecule has 1 saturated carbocycles. The zero-order valence-corrected chi connectivity index (χ0v) is 14.8. The van der Waals surface area contributed by atoms with Crippen molar-refractivity contribution in [1.82, 2.24) is 0 Å². The average Bonchev–Trinajstić information content (AvgIpc) is 2.55. The second kappa shape index (κ2) is 8.60. The van der Waals surface area contributed by atoms with Gasteiger partial charge in [0.2, 0.25) is 0 Å². The highest BCUT2D eigenvalue weighted by molar-refractivity contribution is 8.00. The van der Waals surface area contributed by atoms with Gasteiger partial charge in [0, 0.05) is 33.1 Å². The predicted octanol–water partition coefficient (Wildman–Crippen LogP) is 5.84. The van der Waals surface area contributed by atoms with Gasteiger partial charge >= 0.3 is 0 Å². The molecule has 0 N–H and O–H groups in total. The minimum atomic E-state index is 0.423. The Morgan fingerprint density at radius 1 is 0.696 bits per heavy atom. The van der Waals surface area contributed by atoms with Crippen molar-refractivity contribution in [2.75, 3.05) is 0 Å². The van der Waals surface area contributed by atoms with Crippen LogP contribution in [0.1, 0.15) is 32.1 Å². The smallest absolute Gasteiger partial charge is 0.135 e. The summed E-state index contributed by atoms with van der Waals surface area (Å²) >= 11 is 3.74. The molecule has 0 heterocycles. The minimum Gasteiger partial charge on any atom is -0.300 e. The largest absolute Gasteiger partial charge is 0.300 e. The average molecular weight is 343 g/mol. The summed E-state index contributed by atoms with van der Waals surface area (Å²) in [5.74, 6) is 0.423. The molecule has 120 valence electrons. The second-order valence-electron chi connectivity index (χ2n) is 5.98. The van der Waals surface area contributed by atoms with E-state index in [1.165, 1.54) is 16.2 Å². The minimum absolute atomic E-state index is 0.423. The first-order valence-corrected chi connectivity index (χ1v) is 10.0. The fraction of sp³-hybridized carbons (Fsp3) is 0.350. The Morgan fingerprint density at radius 2 is 1.13 bits per heavy atom. The highest BCUT2D eigenvalue weighted by atomic mass is 32.2. The number of benzene rings is 2. The monoisotopic (exact) mass is 342 g/mol. The number of carbonyl (C=O) groups is 1. The summed E-state index contributed by atoms with van der Waals surface area (Å²) in [7, 11) is 0. The third-order valence-electron chi connectivity index (χ3n) is 4.05. The van der Waals surface area contributed by atoms with Crippen LogP contribution in [0.3, 0.4) is 0 Å². The van der Waals surface area contributed by atoms with Crippen molar-refractivity contribution in [3.63, 3.8) is 0 Å². The molecule has 2 atom stereocenters. The zero-order chi connectivity index (χ0) is 15.9. The Hall–Kier alpha value is -1.19. The van der Waals surface area contributed by atoms with Crippen molar-refractivity contribution in [3.05, 3.63) is 60.7 Å². The first-order valence-electron chi connectivity index (χ1n) is 8.25. The van der Waals surface area contributed by atoms with Gasteiger partial charge in [-0.15, -0.1) is 23.5 Å². The molecule has 1 aliphatic carbocycles. The maximum Gasteiger partial charge on any atom is 0.135 e. The van der Waals surface area contributed by atoms with Crippen LogP contribution in [0.2, 0.25) is 0 Å². The fourth-order valence-corrected chi connectivity index (χ4v) is 5.46. The Kier molecular flexibility index (Phi) is 6.23. The molecule has 1 aliphatic rings. The fourth-order valence-electron chi connectivity index (χ4n) is 2.95. The number of carbonyl (C=O) groups excluding carboxylic acids is 1. The number of rotatable bonds is 4. The van der Waals surface area contributed by atoms with E-state index in [-0.39, 0.29) is 0 Å². The molecular formula is C20H22OS2. The van der Waals surface area contributed by atoms with Crippen LogP contribution in [0, 0.1) is 0 Å². The molecule has 3 rings (SSSR count). The normalized spacial score (nSPS) is 22.3. The van der Waals surface area contributed by atoms with Crippen molar-refractivity contribution in [2.24, 2.45) is 0 Å². The van der Waals surface area contributed by atoms with E-state index < -0.39 is 0 Å². The maximum absolute atomic E-state index is 12.4. The number of thioether (sulfide) groups is 2. The molecule has 0 aromatic heterocycles. The molecule has 0 unspecified atom stereocenters. The lowest BCUT2D eigenvalue weighted by Crippen LogP contribution is -2.19. The Bertz CT molecular complexity index is 559. The van der Waals surface area contributed by atoms with Gasteiger partial charge in [-0.2, -0.15) is 0 Å². The molecule has 23 heavy (non-hydrogen) atoms. The molecule has 2 aromatic carbocycles. The molecule has 0 saturated heterocycles. The Morgan fingerprint density at radius 3 is 1.57 bits per heavy atom. The maximum atomic E-state index is 12.4. The van der Waals surface area contributed by atoms with Gasteiger partial charge in [-0.25, -0.2) is 0 Å². The topological polar surface area (TPSA) is 17.1 Å². The third kappa shape index (κ3) is 5.43. The van der Waals surface area contributed by atoms with E-state index in [0.717, 1.165) is 12.8 Å². The summed E-state index contributed by atoms with van der Waals surface area (Å²) in [5, 5.41) is 0.875. The first-order chi connectivity index (χ1) is 11.3. The standard InChI is InChI=1S/C20H22OS2/c21-16-14-19(22-17-8-3-1-4-9-17)12-7-13-20(15-16)23-18-10-5-2-6-11-18/h1-6,8-11,19-20H,7,12-15H2/t19-,20-/m0/s1. The van der Waals surface area contributed by atoms with E-state index in [0.29, 0.717) is 29.1 Å². The predicted molar refractivity (Wildman–Crippen MR) is 100 cm³/mol. The van der Waals surface area contributed by atoms with E-state index in [4.69, 9.17) is 0 Å². The van der Waals surface area contributed by atoms with Crippen LogP contribution >= 0.6 is 23.5 Å². The lowest BCUT2D eigenvalue weighted by Gasteiger charge is -2.23.